The van der Waals surface area contributed by atoms with E-state index in [1.165, 1.54) is 38.5 Å². The van der Waals surface area contributed by atoms with Gasteiger partial charge in [0.05, 0.1) is 0 Å². The van der Waals surface area contributed by atoms with Gasteiger partial charge in [-0.25, -0.2) is 0 Å². The van der Waals surface area contributed by atoms with E-state index >= 15 is 0 Å². The molecule has 0 aromatic heterocycles. The van der Waals surface area contributed by atoms with Crippen LogP contribution in [0.5, 0.6) is 0 Å². The molecule has 1 heteroatoms. The highest BCUT2D eigenvalue weighted by molar-refractivity contribution is 6.20. The maximum absolute atomic E-state index is 6.31. The summed E-state index contributed by atoms with van der Waals surface area (Å²) in [6, 6.07) is 0. The quantitative estimate of drug-likeness (QED) is 0.582. The molecule has 1 rings (SSSR count). The molecule has 0 aromatic rings. The Balaban J connectivity index is 2.36. The van der Waals surface area contributed by atoms with E-state index in [0.29, 0.717) is 5.38 Å². The summed E-state index contributed by atoms with van der Waals surface area (Å²) in [5.41, 5.74) is 0. The minimum Gasteiger partial charge on any atom is -0.123 e. The second kappa shape index (κ2) is 5.11. The molecule has 0 radical (unpaired) electrons. The van der Waals surface area contributed by atoms with Crippen LogP contribution in [0.15, 0.2) is 0 Å². The first-order valence-electron chi connectivity index (χ1n) is 5.39. The molecule has 0 N–H and O–H groups in total. The normalized spacial score (nSPS) is 33.2. The molecule has 1 aliphatic carbocycles. The first kappa shape index (κ1) is 10.4. The van der Waals surface area contributed by atoms with E-state index in [4.69, 9.17) is 11.6 Å². The van der Waals surface area contributed by atoms with Crippen molar-refractivity contribution < 1.29 is 0 Å². The number of hydrogen-bond donors (Lipinski definition) is 0. The first-order valence-corrected chi connectivity index (χ1v) is 5.83. The molecule has 3 atom stereocenters. The van der Waals surface area contributed by atoms with Gasteiger partial charge in [-0.3, -0.25) is 0 Å². The van der Waals surface area contributed by atoms with Gasteiger partial charge in [0.1, 0.15) is 0 Å². The number of rotatable bonds is 3. The zero-order valence-electron chi connectivity index (χ0n) is 8.35. The molecular weight excluding hydrogens is 168 g/mol. The first-order chi connectivity index (χ1) is 5.75. The molecule has 0 bridgehead atoms. The van der Waals surface area contributed by atoms with Crippen LogP contribution < -0.4 is 0 Å². The SMILES string of the molecule is CCCC(C)C1CCCCC1Cl. The lowest BCUT2D eigenvalue weighted by molar-refractivity contribution is 0.256. The van der Waals surface area contributed by atoms with E-state index in [9.17, 15) is 0 Å². The highest BCUT2D eigenvalue weighted by atomic mass is 35.5. The van der Waals surface area contributed by atoms with Gasteiger partial charge in [0.2, 0.25) is 0 Å². The summed E-state index contributed by atoms with van der Waals surface area (Å²) < 4.78 is 0. The third-order valence-electron chi connectivity index (χ3n) is 3.21. The van der Waals surface area contributed by atoms with Crippen molar-refractivity contribution in [2.45, 2.75) is 57.7 Å². The molecule has 0 aliphatic heterocycles. The van der Waals surface area contributed by atoms with Gasteiger partial charge < -0.3 is 0 Å². The fraction of sp³-hybridized carbons (Fsp3) is 1.00. The molecule has 12 heavy (non-hydrogen) atoms. The number of alkyl halides is 1. The molecule has 0 saturated heterocycles. The Kier molecular flexibility index (Phi) is 4.42. The third-order valence-corrected chi connectivity index (χ3v) is 3.75. The van der Waals surface area contributed by atoms with Gasteiger partial charge in [-0.2, -0.15) is 0 Å². The zero-order chi connectivity index (χ0) is 8.97. The van der Waals surface area contributed by atoms with Crippen molar-refractivity contribution in [1.82, 2.24) is 0 Å². The van der Waals surface area contributed by atoms with E-state index in [2.05, 4.69) is 13.8 Å². The van der Waals surface area contributed by atoms with Gasteiger partial charge in [0.15, 0.2) is 0 Å². The van der Waals surface area contributed by atoms with Crippen LogP contribution in [0.3, 0.4) is 0 Å². The summed E-state index contributed by atoms with van der Waals surface area (Å²) in [6.45, 7) is 4.64. The second-order valence-electron chi connectivity index (χ2n) is 4.23. The highest BCUT2D eigenvalue weighted by Gasteiger charge is 2.27. The lowest BCUT2D eigenvalue weighted by Crippen LogP contribution is -2.25. The Hall–Kier alpha value is 0.290. The smallest absolute Gasteiger partial charge is 0.0366 e. The van der Waals surface area contributed by atoms with Crippen molar-refractivity contribution in [2.75, 3.05) is 0 Å². The summed E-state index contributed by atoms with van der Waals surface area (Å²) in [4.78, 5) is 0. The van der Waals surface area contributed by atoms with Crippen molar-refractivity contribution in [3.8, 4) is 0 Å². The minimum absolute atomic E-state index is 0.472. The largest absolute Gasteiger partial charge is 0.123 e. The molecule has 72 valence electrons. The summed E-state index contributed by atoms with van der Waals surface area (Å²) in [7, 11) is 0. The van der Waals surface area contributed by atoms with E-state index in [-0.39, 0.29) is 0 Å². The monoisotopic (exact) mass is 188 g/mol. The van der Waals surface area contributed by atoms with Crippen molar-refractivity contribution >= 4 is 11.6 Å². The summed E-state index contributed by atoms with van der Waals surface area (Å²) in [6.07, 6.45) is 8.04. The molecule has 1 aliphatic rings. The molecule has 1 saturated carbocycles. The molecule has 0 aromatic carbocycles. The van der Waals surface area contributed by atoms with Crippen LogP contribution >= 0.6 is 11.6 Å². The van der Waals surface area contributed by atoms with E-state index in [0.717, 1.165) is 11.8 Å². The lowest BCUT2D eigenvalue weighted by Gasteiger charge is -2.31. The summed E-state index contributed by atoms with van der Waals surface area (Å²) >= 11 is 6.31. The van der Waals surface area contributed by atoms with Crippen molar-refractivity contribution in [2.24, 2.45) is 11.8 Å². The highest BCUT2D eigenvalue weighted by Crippen LogP contribution is 2.35. The van der Waals surface area contributed by atoms with Crippen molar-refractivity contribution in [3.05, 3.63) is 0 Å². The maximum Gasteiger partial charge on any atom is 0.0366 e. The van der Waals surface area contributed by atoms with Crippen LogP contribution in [0, 0.1) is 11.8 Å². The average molecular weight is 189 g/mol. The molecule has 0 spiro atoms. The van der Waals surface area contributed by atoms with Crippen LogP contribution in [-0.4, -0.2) is 5.38 Å². The number of hydrogen-bond acceptors (Lipinski definition) is 0. The zero-order valence-corrected chi connectivity index (χ0v) is 9.11. The topological polar surface area (TPSA) is 0 Å². The second-order valence-corrected chi connectivity index (χ2v) is 4.79. The standard InChI is InChI=1S/C11H21Cl/c1-3-6-9(2)10-7-4-5-8-11(10)12/h9-11H,3-8H2,1-2H3. The predicted octanol–water partition coefficient (Wildman–Crippen LogP) is 4.22. The molecule has 0 nitrogen and oxygen atoms in total. The van der Waals surface area contributed by atoms with Crippen LogP contribution in [0.4, 0.5) is 0 Å². The molecule has 3 unspecified atom stereocenters. The van der Waals surface area contributed by atoms with Crippen LogP contribution in [0.2, 0.25) is 0 Å². The Morgan fingerprint density at radius 2 is 2.00 bits per heavy atom. The van der Waals surface area contributed by atoms with Gasteiger partial charge >= 0.3 is 0 Å². The van der Waals surface area contributed by atoms with E-state index in [1.54, 1.807) is 0 Å². The van der Waals surface area contributed by atoms with Gasteiger partial charge in [0, 0.05) is 5.38 Å². The number of halogens is 1. The van der Waals surface area contributed by atoms with Gasteiger partial charge in [-0.05, 0) is 24.7 Å². The van der Waals surface area contributed by atoms with E-state index < -0.39 is 0 Å². The molecule has 0 amide bonds. The van der Waals surface area contributed by atoms with Crippen LogP contribution in [-0.2, 0) is 0 Å². The maximum atomic E-state index is 6.31. The average Bonchev–Trinajstić information content (AvgIpc) is 2.05. The molecule has 0 heterocycles. The predicted molar refractivity (Wildman–Crippen MR) is 55.7 cm³/mol. The Labute approximate surface area is 81.7 Å². The fourth-order valence-corrected chi connectivity index (χ4v) is 2.95. The van der Waals surface area contributed by atoms with Crippen LogP contribution in [0.25, 0.3) is 0 Å². The molecule has 1 fully saturated rings. The Morgan fingerprint density at radius 3 is 2.58 bits per heavy atom. The van der Waals surface area contributed by atoms with Crippen LogP contribution in [0.1, 0.15) is 52.4 Å². The summed E-state index contributed by atoms with van der Waals surface area (Å²) in [5, 5.41) is 0.472. The Bertz CT molecular complexity index is 122. The van der Waals surface area contributed by atoms with Gasteiger partial charge in [-0.15, -0.1) is 11.6 Å². The summed E-state index contributed by atoms with van der Waals surface area (Å²) in [5.74, 6) is 1.65. The van der Waals surface area contributed by atoms with Crippen molar-refractivity contribution in [3.63, 3.8) is 0 Å². The van der Waals surface area contributed by atoms with Crippen molar-refractivity contribution in [1.29, 1.82) is 0 Å². The van der Waals surface area contributed by atoms with Gasteiger partial charge in [-0.1, -0.05) is 39.5 Å². The Morgan fingerprint density at radius 1 is 1.33 bits per heavy atom. The van der Waals surface area contributed by atoms with E-state index in [1.807, 2.05) is 0 Å². The molecular formula is C11H21Cl. The van der Waals surface area contributed by atoms with Gasteiger partial charge in [0.25, 0.3) is 0 Å². The lowest BCUT2D eigenvalue weighted by atomic mass is 9.79. The fourth-order valence-electron chi connectivity index (χ4n) is 2.42. The minimum atomic E-state index is 0.472. The third kappa shape index (κ3) is 2.65.